The van der Waals surface area contributed by atoms with Gasteiger partial charge in [-0.2, -0.15) is 0 Å². The first kappa shape index (κ1) is 14.3. The molecule has 1 aromatic rings. The van der Waals surface area contributed by atoms with Crippen molar-refractivity contribution >= 4 is 0 Å². The minimum atomic E-state index is -0.0897. The van der Waals surface area contributed by atoms with Gasteiger partial charge in [0.15, 0.2) is 0 Å². The largest absolute Gasteiger partial charge is 0.497 e. The van der Waals surface area contributed by atoms with Gasteiger partial charge < -0.3 is 19.5 Å². The molecule has 0 bridgehead atoms. The third-order valence-electron chi connectivity index (χ3n) is 3.71. The molecule has 0 aliphatic carbocycles. The number of ether oxygens (including phenoxy) is 2. The van der Waals surface area contributed by atoms with Crippen LogP contribution in [0.25, 0.3) is 0 Å². The molecule has 0 aromatic heterocycles. The molecule has 1 aliphatic rings. The number of aliphatic hydroxyl groups excluding tert-OH is 1. The summed E-state index contributed by atoms with van der Waals surface area (Å²) in [6.07, 6.45) is 0.936. The highest BCUT2D eigenvalue weighted by Crippen LogP contribution is 2.29. The van der Waals surface area contributed by atoms with Gasteiger partial charge in [-0.15, -0.1) is 0 Å². The van der Waals surface area contributed by atoms with Crippen LogP contribution in [0.4, 0.5) is 0 Å². The predicted molar refractivity (Wildman–Crippen MR) is 74.3 cm³/mol. The molecule has 1 fully saturated rings. The Morgan fingerprint density at radius 3 is 2.95 bits per heavy atom. The number of aliphatic hydroxyl groups is 1. The van der Waals surface area contributed by atoms with Crippen molar-refractivity contribution in [2.24, 2.45) is 5.41 Å². The van der Waals surface area contributed by atoms with Crippen molar-refractivity contribution in [2.45, 2.75) is 13.0 Å². The van der Waals surface area contributed by atoms with E-state index in [1.807, 2.05) is 18.2 Å². The highest BCUT2D eigenvalue weighted by Gasteiger charge is 2.35. The Morgan fingerprint density at radius 2 is 2.32 bits per heavy atom. The molecule has 1 aliphatic heterocycles. The second-order valence-corrected chi connectivity index (χ2v) is 5.48. The highest BCUT2D eigenvalue weighted by atomic mass is 16.5. The number of methoxy groups -OCH3 is 1. The summed E-state index contributed by atoms with van der Waals surface area (Å²) in [7, 11) is 3.76. The summed E-state index contributed by atoms with van der Waals surface area (Å²) in [6, 6.07) is 8.09. The van der Waals surface area contributed by atoms with Gasteiger partial charge in [-0.05, 0) is 31.2 Å². The van der Waals surface area contributed by atoms with E-state index in [4.69, 9.17) is 9.47 Å². The summed E-state index contributed by atoms with van der Waals surface area (Å²) in [5, 5.41) is 9.59. The minimum Gasteiger partial charge on any atom is -0.497 e. The first-order valence-electron chi connectivity index (χ1n) is 6.67. The van der Waals surface area contributed by atoms with Crippen molar-refractivity contribution in [1.82, 2.24) is 4.90 Å². The molecule has 0 saturated carbocycles. The Balaban J connectivity index is 1.94. The minimum absolute atomic E-state index is 0.0897. The van der Waals surface area contributed by atoms with Crippen molar-refractivity contribution in [3.05, 3.63) is 29.8 Å². The van der Waals surface area contributed by atoms with Crippen LogP contribution in [0.3, 0.4) is 0 Å². The van der Waals surface area contributed by atoms with Crippen LogP contribution in [0.5, 0.6) is 5.75 Å². The van der Waals surface area contributed by atoms with Gasteiger partial charge in [0.05, 0.1) is 20.3 Å². The Morgan fingerprint density at radius 1 is 1.47 bits per heavy atom. The molecular weight excluding hydrogens is 242 g/mol. The molecule has 4 heteroatoms. The number of rotatable bonds is 6. The summed E-state index contributed by atoms with van der Waals surface area (Å²) >= 11 is 0. The molecule has 1 N–H and O–H groups in total. The Labute approximate surface area is 114 Å². The van der Waals surface area contributed by atoms with E-state index in [0.717, 1.165) is 31.9 Å². The molecule has 0 spiro atoms. The van der Waals surface area contributed by atoms with E-state index in [1.165, 1.54) is 5.56 Å². The van der Waals surface area contributed by atoms with Gasteiger partial charge in [0.25, 0.3) is 0 Å². The van der Waals surface area contributed by atoms with Crippen LogP contribution in [-0.4, -0.2) is 50.5 Å². The molecule has 1 unspecified atom stereocenters. The molecule has 1 atom stereocenters. The quantitative estimate of drug-likeness (QED) is 0.847. The fourth-order valence-electron chi connectivity index (χ4n) is 2.66. The summed E-state index contributed by atoms with van der Waals surface area (Å²) in [5.74, 6) is 0.881. The third kappa shape index (κ3) is 3.69. The molecule has 0 radical (unpaired) electrons. The molecule has 1 heterocycles. The number of nitrogens with zero attached hydrogens (tertiary/aromatic N) is 1. The average molecular weight is 265 g/mol. The monoisotopic (exact) mass is 265 g/mol. The topological polar surface area (TPSA) is 41.9 Å². The summed E-state index contributed by atoms with van der Waals surface area (Å²) in [6.45, 7) is 3.30. The maximum absolute atomic E-state index is 9.59. The van der Waals surface area contributed by atoms with E-state index in [0.29, 0.717) is 6.61 Å². The zero-order valence-electron chi connectivity index (χ0n) is 11.8. The van der Waals surface area contributed by atoms with E-state index in [2.05, 4.69) is 18.0 Å². The lowest BCUT2D eigenvalue weighted by Crippen LogP contribution is -2.38. The van der Waals surface area contributed by atoms with Crippen LogP contribution in [0.15, 0.2) is 24.3 Å². The second-order valence-electron chi connectivity index (χ2n) is 5.48. The van der Waals surface area contributed by atoms with E-state index >= 15 is 0 Å². The lowest BCUT2D eigenvalue weighted by molar-refractivity contribution is 0.0624. The molecule has 19 heavy (non-hydrogen) atoms. The van der Waals surface area contributed by atoms with Crippen LogP contribution in [0.1, 0.15) is 12.0 Å². The van der Waals surface area contributed by atoms with E-state index in [1.54, 1.807) is 7.11 Å². The van der Waals surface area contributed by atoms with Gasteiger partial charge in [-0.1, -0.05) is 12.1 Å². The van der Waals surface area contributed by atoms with Gasteiger partial charge in [0.2, 0.25) is 0 Å². The Hall–Kier alpha value is -1.10. The van der Waals surface area contributed by atoms with Gasteiger partial charge in [0.1, 0.15) is 5.75 Å². The van der Waals surface area contributed by atoms with Crippen LogP contribution in [0, 0.1) is 5.41 Å². The average Bonchev–Trinajstić information content (AvgIpc) is 2.88. The molecule has 0 amide bonds. The second kappa shape index (κ2) is 6.37. The number of benzene rings is 1. The molecule has 1 saturated heterocycles. The van der Waals surface area contributed by atoms with E-state index in [-0.39, 0.29) is 12.0 Å². The lowest BCUT2D eigenvalue weighted by atomic mass is 9.88. The van der Waals surface area contributed by atoms with Gasteiger partial charge in [0, 0.05) is 25.1 Å². The Kier molecular flexibility index (Phi) is 4.80. The SMILES string of the molecule is COc1cccc(CN(C)CC2(CO)CCOC2)c1. The van der Waals surface area contributed by atoms with Crippen molar-refractivity contribution in [3.63, 3.8) is 0 Å². The van der Waals surface area contributed by atoms with Crippen LogP contribution < -0.4 is 4.74 Å². The van der Waals surface area contributed by atoms with Gasteiger partial charge in [-0.3, -0.25) is 0 Å². The van der Waals surface area contributed by atoms with Crippen molar-refractivity contribution in [3.8, 4) is 5.75 Å². The van der Waals surface area contributed by atoms with E-state index in [9.17, 15) is 5.11 Å². The smallest absolute Gasteiger partial charge is 0.119 e. The summed E-state index contributed by atoms with van der Waals surface area (Å²) in [5.41, 5.74) is 1.13. The zero-order valence-corrected chi connectivity index (χ0v) is 11.8. The van der Waals surface area contributed by atoms with Crippen LogP contribution in [0.2, 0.25) is 0 Å². The van der Waals surface area contributed by atoms with Crippen molar-refractivity contribution in [1.29, 1.82) is 0 Å². The highest BCUT2D eigenvalue weighted by molar-refractivity contribution is 5.28. The fourth-order valence-corrected chi connectivity index (χ4v) is 2.66. The van der Waals surface area contributed by atoms with Crippen molar-refractivity contribution < 1.29 is 14.6 Å². The fraction of sp³-hybridized carbons (Fsp3) is 0.600. The first-order chi connectivity index (χ1) is 9.17. The standard InChI is InChI=1S/C15H23NO3/c1-16(10-15(11-17)6-7-19-12-15)9-13-4-3-5-14(8-13)18-2/h3-5,8,17H,6-7,9-12H2,1-2H3. The predicted octanol–water partition coefficient (Wildman–Crippen LogP) is 1.53. The zero-order chi connectivity index (χ0) is 13.7. The van der Waals surface area contributed by atoms with Crippen molar-refractivity contribution in [2.75, 3.05) is 40.5 Å². The maximum Gasteiger partial charge on any atom is 0.119 e. The molecule has 4 nitrogen and oxygen atoms in total. The third-order valence-corrected chi connectivity index (χ3v) is 3.71. The summed E-state index contributed by atoms with van der Waals surface area (Å²) < 4.78 is 10.7. The number of hydrogen-bond acceptors (Lipinski definition) is 4. The lowest BCUT2D eigenvalue weighted by Gasteiger charge is -2.30. The normalized spacial score (nSPS) is 22.9. The molecule has 2 rings (SSSR count). The van der Waals surface area contributed by atoms with E-state index < -0.39 is 0 Å². The summed E-state index contributed by atoms with van der Waals surface area (Å²) in [4.78, 5) is 2.24. The van der Waals surface area contributed by atoms with Crippen LogP contribution >= 0.6 is 0 Å². The maximum atomic E-state index is 9.59. The molecule has 1 aromatic carbocycles. The number of hydrogen-bond donors (Lipinski definition) is 1. The molecular formula is C15H23NO3. The van der Waals surface area contributed by atoms with Crippen LogP contribution in [-0.2, 0) is 11.3 Å². The van der Waals surface area contributed by atoms with Gasteiger partial charge in [-0.25, -0.2) is 0 Å². The Bertz CT molecular complexity index is 402. The molecule has 106 valence electrons. The first-order valence-corrected chi connectivity index (χ1v) is 6.67. The van der Waals surface area contributed by atoms with Gasteiger partial charge >= 0.3 is 0 Å².